The fourth-order valence-electron chi connectivity index (χ4n) is 2.82. The minimum absolute atomic E-state index is 0.640. The van der Waals surface area contributed by atoms with Crippen LogP contribution in [0.4, 0.5) is 5.95 Å². The lowest BCUT2D eigenvalue weighted by Gasteiger charge is -2.31. The number of H-pyrrole nitrogens is 1. The number of hydrogen-bond acceptors (Lipinski definition) is 3. The average Bonchev–Trinajstić information content (AvgIpc) is 2.94. The van der Waals surface area contributed by atoms with Crippen LogP contribution in [0.5, 0.6) is 0 Å². The summed E-state index contributed by atoms with van der Waals surface area (Å²) in [5.74, 6) is 1.67. The lowest BCUT2D eigenvalue weighted by atomic mass is 10.1. The van der Waals surface area contributed by atoms with Crippen LogP contribution in [-0.2, 0) is 6.54 Å². The maximum Gasteiger partial charge on any atom is 0.225 e. The molecular formula is C13H24N4S. The Bertz CT molecular complexity index is 428. The van der Waals surface area contributed by atoms with Gasteiger partial charge in [0.1, 0.15) is 0 Å². The zero-order valence-electron chi connectivity index (χ0n) is 11.6. The van der Waals surface area contributed by atoms with Gasteiger partial charge in [-0.2, -0.15) is 0 Å². The second-order valence-electron chi connectivity index (χ2n) is 5.56. The Morgan fingerprint density at radius 3 is 2.67 bits per heavy atom. The molecule has 18 heavy (non-hydrogen) atoms. The molecule has 0 aliphatic heterocycles. The van der Waals surface area contributed by atoms with E-state index in [9.17, 15) is 0 Å². The van der Waals surface area contributed by atoms with E-state index in [1.54, 1.807) is 0 Å². The van der Waals surface area contributed by atoms with E-state index in [1.165, 1.54) is 25.7 Å². The third-order valence-corrected chi connectivity index (χ3v) is 3.95. The van der Waals surface area contributed by atoms with Crippen LogP contribution in [0.2, 0.25) is 0 Å². The molecule has 2 rings (SSSR count). The van der Waals surface area contributed by atoms with E-state index in [1.807, 2.05) is 0 Å². The van der Waals surface area contributed by atoms with E-state index in [0.29, 0.717) is 12.0 Å². The normalized spacial score (nSPS) is 16.7. The monoisotopic (exact) mass is 268 g/mol. The number of rotatable bonds is 5. The highest BCUT2D eigenvalue weighted by atomic mass is 32.1. The van der Waals surface area contributed by atoms with E-state index in [-0.39, 0.29) is 0 Å². The van der Waals surface area contributed by atoms with Crippen molar-refractivity contribution < 1.29 is 0 Å². The average molecular weight is 268 g/mol. The molecule has 0 saturated heterocycles. The molecule has 102 valence electrons. The van der Waals surface area contributed by atoms with E-state index >= 15 is 0 Å². The number of aromatic amines is 1. The Kier molecular flexibility index (Phi) is 4.43. The molecule has 1 aliphatic rings. The van der Waals surface area contributed by atoms with Crippen LogP contribution in [-0.4, -0.2) is 27.4 Å². The summed E-state index contributed by atoms with van der Waals surface area (Å²) in [4.78, 5) is 2.47. The Morgan fingerprint density at radius 1 is 1.44 bits per heavy atom. The predicted molar refractivity (Wildman–Crippen MR) is 77.5 cm³/mol. The van der Waals surface area contributed by atoms with Crippen LogP contribution in [0, 0.1) is 10.7 Å². The predicted octanol–water partition coefficient (Wildman–Crippen LogP) is 3.37. The summed E-state index contributed by atoms with van der Waals surface area (Å²) in [6.45, 7) is 8.59. The second-order valence-corrected chi connectivity index (χ2v) is 5.94. The van der Waals surface area contributed by atoms with E-state index in [0.717, 1.165) is 23.8 Å². The van der Waals surface area contributed by atoms with Gasteiger partial charge in [0.05, 0.1) is 0 Å². The Morgan fingerprint density at radius 2 is 2.11 bits per heavy atom. The van der Waals surface area contributed by atoms with Gasteiger partial charge in [0, 0.05) is 19.1 Å². The molecule has 0 atom stereocenters. The smallest absolute Gasteiger partial charge is 0.225 e. The first-order valence-corrected chi connectivity index (χ1v) is 7.46. The van der Waals surface area contributed by atoms with Crippen molar-refractivity contribution >= 4 is 18.2 Å². The number of anilines is 1. The first-order valence-electron chi connectivity index (χ1n) is 7.05. The van der Waals surface area contributed by atoms with E-state index < -0.39 is 0 Å². The van der Waals surface area contributed by atoms with Gasteiger partial charge >= 0.3 is 0 Å². The van der Waals surface area contributed by atoms with Crippen molar-refractivity contribution in [3.8, 4) is 0 Å². The lowest BCUT2D eigenvalue weighted by Crippen LogP contribution is -2.38. The van der Waals surface area contributed by atoms with Gasteiger partial charge < -0.3 is 4.90 Å². The zero-order valence-corrected chi connectivity index (χ0v) is 12.5. The summed E-state index contributed by atoms with van der Waals surface area (Å²) in [6.07, 6.45) is 5.26. The molecule has 0 radical (unpaired) electrons. The van der Waals surface area contributed by atoms with Gasteiger partial charge in [-0.1, -0.05) is 26.7 Å². The summed E-state index contributed by atoms with van der Waals surface area (Å²) in [5.41, 5.74) is 0. The van der Waals surface area contributed by atoms with Gasteiger partial charge in [0.15, 0.2) is 4.77 Å². The molecule has 0 unspecified atom stereocenters. The lowest BCUT2D eigenvalue weighted by molar-refractivity contribution is 0.515. The van der Waals surface area contributed by atoms with E-state index in [4.69, 9.17) is 12.2 Å². The number of hydrogen-bond donors (Lipinski definition) is 1. The maximum atomic E-state index is 5.30. The molecule has 1 aromatic rings. The van der Waals surface area contributed by atoms with Crippen molar-refractivity contribution in [3.63, 3.8) is 0 Å². The van der Waals surface area contributed by atoms with E-state index in [2.05, 4.69) is 40.4 Å². The molecule has 1 aromatic heterocycles. The SMILES string of the molecule is CCn1c(N(CC(C)C)C2CCCC2)n[nH]c1=S. The molecule has 1 fully saturated rings. The van der Waals surface area contributed by atoms with Crippen molar-refractivity contribution in [2.24, 2.45) is 5.92 Å². The van der Waals surface area contributed by atoms with Crippen molar-refractivity contribution in [1.29, 1.82) is 0 Å². The fraction of sp³-hybridized carbons (Fsp3) is 0.846. The first kappa shape index (κ1) is 13.6. The molecule has 0 aromatic carbocycles. The molecule has 0 spiro atoms. The van der Waals surface area contributed by atoms with Gasteiger partial charge in [0.2, 0.25) is 5.95 Å². The van der Waals surface area contributed by atoms with Crippen LogP contribution in [0.15, 0.2) is 0 Å². The molecule has 1 heterocycles. The zero-order chi connectivity index (χ0) is 13.1. The maximum absolute atomic E-state index is 5.30. The molecule has 4 nitrogen and oxygen atoms in total. The fourth-order valence-corrected chi connectivity index (χ4v) is 3.07. The van der Waals surface area contributed by atoms with Crippen LogP contribution >= 0.6 is 12.2 Å². The number of aromatic nitrogens is 3. The minimum atomic E-state index is 0.640. The van der Waals surface area contributed by atoms with Crippen molar-refractivity contribution in [3.05, 3.63) is 4.77 Å². The quantitative estimate of drug-likeness (QED) is 0.832. The topological polar surface area (TPSA) is 36.9 Å². The van der Waals surface area contributed by atoms with Gasteiger partial charge in [-0.15, -0.1) is 5.10 Å². The van der Waals surface area contributed by atoms with Crippen LogP contribution in [0.1, 0.15) is 46.5 Å². The van der Waals surface area contributed by atoms with Gasteiger partial charge in [0.25, 0.3) is 0 Å². The molecule has 0 amide bonds. The highest BCUT2D eigenvalue weighted by Gasteiger charge is 2.26. The van der Waals surface area contributed by atoms with Crippen molar-refractivity contribution in [2.45, 2.75) is 59.0 Å². The van der Waals surface area contributed by atoms with Gasteiger partial charge in [-0.05, 0) is 37.9 Å². The molecule has 0 bridgehead atoms. The standard InChI is InChI=1S/C13H24N4S/c1-4-16-12(14-15-13(16)18)17(9-10(2)3)11-7-5-6-8-11/h10-11H,4-9H2,1-3H3,(H,15,18). The molecule has 1 N–H and O–H groups in total. The third kappa shape index (κ3) is 2.76. The second kappa shape index (κ2) is 5.87. The molecular weight excluding hydrogens is 244 g/mol. The Hall–Kier alpha value is -0.840. The van der Waals surface area contributed by atoms with Crippen LogP contribution < -0.4 is 4.90 Å². The number of nitrogens with one attached hydrogen (secondary N) is 1. The van der Waals surface area contributed by atoms with Crippen molar-refractivity contribution in [1.82, 2.24) is 14.8 Å². The molecule has 1 saturated carbocycles. The van der Waals surface area contributed by atoms with Gasteiger partial charge in [-0.3, -0.25) is 4.57 Å². The molecule has 1 aliphatic carbocycles. The Labute approximate surface area is 114 Å². The minimum Gasteiger partial charge on any atom is -0.338 e. The largest absolute Gasteiger partial charge is 0.338 e. The highest BCUT2D eigenvalue weighted by Crippen LogP contribution is 2.28. The summed E-state index contributed by atoms with van der Waals surface area (Å²) >= 11 is 5.30. The molecule has 5 heteroatoms. The van der Waals surface area contributed by atoms with Crippen LogP contribution in [0.25, 0.3) is 0 Å². The summed E-state index contributed by atoms with van der Waals surface area (Å²) < 4.78 is 2.84. The van der Waals surface area contributed by atoms with Crippen molar-refractivity contribution in [2.75, 3.05) is 11.4 Å². The van der Waals surface area contributed by atoms with Crippen LogP contribution in [0.3, 0.4) is 0 Å². The third-order valence-electron chi connectivity index (χ3n) is 3.64. The Balaban J connectivity index is 2.29. The summed E-state index contributed by atoms with van der Waals surface area (Å²) in [7, 11) is 0. The number of nitrogens with zero attached hydrogens (tertiary/aromatic N) is 3. The first-order chi connectivity index (χ1) is 8.63. The summed E-state index contributed by atoms with van der Waals surface area (Å²) in [5, 5.41) is 7.40. The highest BCUT2D eigenvalue weighted by molar-refractivity contribution is 7.71. The van der Waals surface area contributed by atoms with Gasteiger partial charge in [-0.25, -0.2) is 5.10 Å². The summed E-state index contributed by atoms with van der Waals surface area (Å²) in [6, 6.07) is 0.642.